The fourth-order valence-electron chi connectivity index (χ4n) is 5.22. The van der Waals surface area contributed by atoms with Gasteiger partial charge in [0, 0.05) is 29.4 Å². The summed E-state index contributed by atoms with van der Waals surface area (Å²) in [6.45, 7) is 4.52. The molecule has 1 aromatic heterocycles. The Hall–Kier alpha value is -2.03. The predicted molar refractivity (Wildman–Crippen MR) is 143 cm³/mol. The molecule has 0 fully saturated rings. The summed E-state index contributed by atoms with van der Waals surface area (Å²) in [4.78, 5) is 22.1. The van der Waals surface area contributed by atoms with Crippen LogP contribution < -0.4 is 0 Å². The van der Waals surface area contributed by atoms with Crippen LogP contribution in [0, 0.1) is 5.92 Å². The molecule has 0 saturated carbocycles. The molecule has 1 atom stereocenters. The maximum absolute atomic E-state index is 12.8. The van der Waals surface area contributed by atoms with Gasteiger partial charge in [-0.2, -0.15) is 0 Å². The van der Waals surface area contributed by atoms with Gasteiger partial charge in [0.1, 0.15) is 0 Å². The summed E-state index contributed by atoms with van der Waals surface area (Å²) in [5.41, 5.74) is 4.37. The topological polar surface area (TPSA) is 42.9 Å². The standard InChI is InChI=1S/C31H46N2O/c1-3-5-7-9-11-12-13-15-17-25-23-32-31(33-24-25)27-19-20-29-28(22-27)21-26(30(29)34)18-16-14-10-8-6-4-2/h19-20,22-24,26H,3-18,21H2,1-2H3. The molecule has 0 N–H and O–H groups in total. The largest absolute Gasteiger partial charge is 0.294 e. The first-order valence-electron chi connectivity index (χ1n) is 14.2. The smallest absolute Gasteiger partial charge is 0.166 e. The number of carbonyl (C=O) groups is 1. The Morgan fingerprint density at radius 2 is 1.35 bits per heavy atom. The van der Waals surface area contributed by atoms with Crippen LogP contribution in [0.4, 0.5) is 0 Å². The summed E-state index contributed by atoms with van der Waals surface area (Å²) in [5.74, 6) is 1.29. The van der Waals surface area contributed by atoms with Gasteiger partial charge in [0.15, 0.2) is 11.6 Å². The third kappa shape index (κ3) is 8.32. The van der Waals surface area contributed by atoms with Crippen LogP contribution >= 0.6 is 0 Å². The number of unbranched alkanes of at least 4 members (excludes halogenated alkanes) is 12. The van der Waals surface area contributed by atoms with Crippen LogP contribution in [0.3, 0.4) is 0 Å². The van der Waals surface area contributed by atoms with E-state index in [0.717, 1.165) is 36.2 Å². The fraction of sp³-hybridized carbons (Fsp3) is 0.645. The highest BCUT2D eigenvalue weighted by atomic mass is 16.1. The summed E-state index contributed by atoms with van der Waals surface area (Å²) < 4.78 is 0. The molecular weight excluding hydrogens is 416 g/mol. The number of ketones is 1. The zero-order valence-electron chi connectivity index (χ0n) is 21.8. The van der Waals surface area contributed by atoms with Crippen molar-refractivity contribution >= 4 is 5.78 Å². The molecule has 34 heavy (non-hydrogen) atoms. The van der Waals surface area contributed by atoms with Gasteiger partial charge in [-0.05, 0) is 42.9 Å². The zero-order valence-corrected chi connectivity index (χ0v) is 21.8. The number of benzene rings is 1. The minimum absolute atomic E-state index is 0.173. The maximum Gasteiger partial charge on any atom is 0.166 e. The lowest BCUT2D eigenvalue weighted by molar-refractivity contribution is 0.0929. The summed E-state index contributed by atoms with van der Waals surface area (Å²) in [5, 5.41) is 0. The highest BCUT2D eigenvalue weighted by Crippen LogP contribution is 2.32. The number of carbonyl (C=O) groups excluding carboxylic acids is 1. The minimum Gasteiger partial charge on any atom is -0.294 e. The summed E-state index contributed by atoms with van der Waals surface area (Å²) in [7, 11) is 0. The van der Waals surface area contributed by atoms with E-state index in [-0.39, 0.29) is 5.92 Å². The normalized spacial score (nSPS) is 15.1. The quantitative estimate of drug-likeness (QED) is 0.220. The van der Waals surface area contributed by atoms with Gasteiger partial charge < -0.3 is 0 Å². The van der Waals surface area contributed by atoms with Crippen LogP contribution in [-0.2, 0) is 12.8 Å². The first-order chi connectivity index (χ1) is 16.7. The van der Waals surface area contributed by atoms with Gasteiger partial charge in [0.25, 0.3) is 0 Å². The van der Waals surface area contributed by atoms with Crippen LogP contribution in [0.2, 0.25) is 0 Å². The molecule has 1 unspecified atom stereocenters. The Bertz CT molecular complexity index is 858. The van der Waals surface area contributed by atoms with Crippen LogP contribution in [0.15, 0.2) is 30.6 Å². The Kier molecular flexibility index (Phi) is 11.8. The van der Waals surface area contributed by atoms with E-state index >= 15 is 0 Å². The molecule has 2 aromatic rings. The van der Waals surface area contributed by atoms with Crippen molar-refractivity contribution in [2.45, 2.75) is 123 Å². The summed E-state index contributed by atoms with van der Waals surface area (Å²) in [6, 6.07) is 6.19. The van der Waals surface area contributed by atoms with Gasteiger partial charge in [0.2, 0.25) is 0 Å². The SMILES string of the molecule is CCCCCCCCCCc1cnc(-c2ccc3c(c2)CC(CCCCCCCC)C3=O)nc1. The van der Waals surface area contributed by atoms with E-state index in [1.165, 1.54) is 101 Å². The second-order valence-electron chi connectivity index (χ2n) is 10.3. The lowest BCUT2D eigenvalue weighted by Crippen LogP contribution is -2.08. The molecule has 0 saturated heterocycles. The number of Topliss-reactive ketones (excluding diaryl/α,β-unsaturated/α-hetero) is 1. The molecule has 3 heteroatoms. The predicted octanol–water partition coefficient (Wildman–Crippen LogP) is 8.93. The molecule has 3 rings (SSSR count). The monoisotopic (exact) mass is 462 g/mol. The van der Waals surface area contributed by atoms with Crippen molar-refractivity contribution in [3.8, 4) is 11.4 Å². The average molecular weight is 463 g/mol. The van der Waals surface area contributed by atoms with E-state index in [0.29, 0.717) is 5.78 Å². The maximum atomic E-state index is 12.8. The first-order valence-corrected chi connectivity index (χ1v) is 14.2. The fourth-order valence-corrected chi connectivity index (χ4v) is 5.22. The number of aryl methyl sites for hydroxylation is 1. The van der Waals surface area contributed by atoms with E-state index < -0.39 is 0 Å². The van der Waals surface area contributed by atoms with Crippen molar-refractivity contribution in [3.05, 3.63) is 47.3 Å². The van der Waals surface area contributed by atoms with Gasteiger partial charge in [-0.1, -0.05) is 109 Å². The van der Waals surface area contributed by atoms with Crippen molar-refractivity contribution in [3.63, 3.8) is 0 Å². The molecular formula is C31H46N2O. The number of nitrogens with zero attached hydrogens (tertiary/aromatic N) is 2. The van der Waals surface area contributed by atoms with Crippen LogP contribution in [0.5, 0.6) is 0 Å². The molecule has 3 nitrogen and oxygen atoms in total. The third-order valence-corrected chi connectivity index (χ3v) is 7.40. The van der Waals surface area contributed by atoms with Crippen molar-refractivity contribution < 1.29 is 4.79 Å². The molecule has 0 radical (unpaired) electrons. The molecule has 0 bridgehead atoms. The highest BCUT2D eigenvalue weighted by Gasteiger charge is 2.30. The Morgan fingerprint density at radius 3 is 2.00 bits per heavy atom. The van der Waals surface area contributed by atoms with Crippen LogP contribution in [-0.4, -0.2) is 15.8 Å². The summed E-state index contributed by atoms with van der Waals surface area (Å²) in [6.07, 6.45) is 25.3. The number of aromatic nitrogens is 2. The van der Waals surface area contributed by atoms with Crippen molar-refractivity contribution in [1.29, 1.82) is 0 Å². The number of hydrogen-bond acceptors (Lipinski definition) is 3. The van der Waals surface area contributed by atoms with E-state index in [1.54, 1.807) is 0 Å². The van der Waals surface area contributed by atoms with Crippen molar-refractivity contribution in [1.82, 2.24) is 9.97 Å². The second kappa shape index (κ2) is 15.1. The lowest BCUT2D eigenvalue weighted by atomic mass is 9.97. The number of hydrogen-bond donors (Lipinski definition) is 0. The van der Waals surface area contributed by atoms with E-state index in [9.17, 15) is 4.79 Å². The highest BCUT2D eigenvalue weighted by molar-refractivity contribution is 6.02. The number of rotatable bonds is 17. The molecule has 1 aliphatic carbocycles. The molecule has 1 aromatic carbocycles. The first kappa shape index (κ1) is 26.6. The Balaban J connectivity index is 1.43. The third-order valence-electron chi connectivity index (χ3n) is 7.40. The molecule has 0 spiro atoms. The second-order valence-corrected chi connectivity index (χ2v) is 10.3. The van der Waals surface area contributed by atoms with E-state index in [4.69, 9.17) is 0 Å². The van der Waals surface area contributed by atoms with Gasteiger partial charge in [-0.15, -0.1) is 0 Å². The molecule has 1 aliphatic rings. The van der Waals surface area contributed by atoms with Crippen molar-refractivity contribution in [2.24, 2.45) is 5.92 Å². The van der Waals surface area contributed by atoms with E-state index in [2.05, 4.69) is 29.9 Å². The lowest BCUT2D eigenvalue weighted by Gasteiger charge is -2.07. The van der Waals surface area contributed by atoms with E-state index in [1.807, 2.05) is 24.5 Å². The Morgan fingerprint density at radius 1 is 0.765 bits per heavy atom. The van der Waals surface area contributed by atoms with Gasteiger partial charge in [0.05, 0.1) is 0 Å². The molecule has 0 amide bonds. The van der Waals surface area contributed by atoms with Crippen LogP contribution in [0.1, 0.15) is 132 Å². The van der Waals surface area contributed by atoms with Gasteiger partial charge in [-0.25, -0.2) is 9.97 Å². The summed E-state index contributed by atoms with van der Waals surface area (Å²) >= 11 is 0. The van der Waals surface area contributed by atoms with Crippen molar-refractivity contribution in [2.75, 3.05) is 0 Å². The molecule has 1 heterocycles. The molecule has 0 aliphatic heterocycles. The van der Waals surface area contributed by atoms with Gasteiger partial charge >= 0.3 is 0 Å². The van der Waals surface area contributed by atoms with Gasteiger partial charge in [-0.3, -0.25) is 4.79 Å². The number of fused-ring (bicyclic) bond motifs is 1. The Labute approximate surface area is 208 Å². The average Bonchev–Trinajstić information content (AvgIpc) is 3.18. The molecule has 186 valence electrons. The van der Waals surface area contributed by atoms with Crippen LogP contribution in [0.25, 0.3) is 11.4 Å². The zero-order chi connectivity index (χ0) is 24.0. The minimum atomic E-state index is 0.173.